The molecular formula is C15H9F4NO. The van der Waals surface area contributed by atoms with Crippen LogP contribution in [0.1, 0.15) is 5.56 Å². The maximum absolute atomic E-state index is 13.8. The highest BCUT2D eigenvalue weighted by molar-refractivity contribution is 5.65. The molecule has 108 valence electrons. The molecule has 0 aliphatic carbocycles. The smallest absolute Gasteiger partial charge is 0.406 e. The summed E-state index contributed by atoms with van der Waals surface area (Å²) in [7, 11) is 0. The predicted molar refractivity (Wildman–Crippen MR) is 67.8 cm³/mol. The van der Waals surface area contributed by atoms with Gasteiger partial charge in [-0.15, -0.1) is 13.2 Å². The molecule has 2 aromatic carbocycles. The van der Waals surface area contributed by atoms with Gasteiger partial charge in [-0.3, -0.25) is 0 Å². The summed E-state index contributed by atoms with van der Waals surface area (Å²) in [6.07, 6.45) is -4.64. The van der Waals surface area contributed by atoms with Crippen LogP contribution in [0.3, 0.4) is 0 Å². The van der Waals surface area contributed by atoms with E-state index >= 15 is 0 Å². The molecule has 0 atom stereocenters. The Balaban J connectivity index is 2.30. The van der Waals surface area contributed by atoms with E-state index in [1.165, 1.54) is 30.3 Å². The van der Waals surface area contributed by atoms with E-state index in [1.54, 1.807) is 0 Å². The van der Waals surface area contributed by atoms with Crippen molar-refractivity contribution in [2.24, 2.45) is 0 Å². The van der Waals surface area contributed by atoms with Crippen LogP contribution in [0, 0.1) is 17.1 Å². The van der Waals surface area contributed by atoms with Gasteiger partial charge >= 0.3 is 6.36 Å². The SMILES string of the molecule is N#CCc1ccc(F)c(-c2ccc(OC(F)(F)F)cc2)c1. The lowest BCUT2D eigenvalue weighted by molar-refractivity contribution is -0.274. The molecule has 0 N–H and O–H groups in total. The molecule has 2 aromatic rings. The Morgan fingerprint density at radius 2 is 1.71 bits per heavy atom. The summed E-state index contributed by atoms with van der Waals surface area (Å²) in [6.45, 7) is 0. The molecule has 0 unspecified atom stereocenters. The molecular weight excluding hydrogens is 286 g/mol. The lowest BCUT2D eigenvalue weighted by Crippen LogP contribution is -2.16. The Morgan fingerprint density at radius 3 is 2.29 bits per heavy atom. The number of hydrogen-bond donors (Lipinski definition) is 0. The molecule has 0 bridgehead atoms. The zero-order chi connectivity index (χ0) is 15.5. The average Bonchev–Trinajstić information content (AvgIpc) is 2.40. The van der Waals surface area contributed by atoms with Crippen molar-refractivity contribution in [2.45, 2.75) is 12.8 Å². The normalized spacial score (nSPS) is 11.0. The molecule has 6 heteroatoms. The second kappa shape index (κ2) is 5.83. The summed E-state index contributed by atoms with van der Waals surface area (Å²) in [6, 6.07) is 11.0. The van der Waals surface area contributed by atoms with Crippen LogP contribution >= 0.6 is 0 Å². The highest BCUT2D eigenvalue weighted by Crippen LogP contribution is 2.28. The minimum absolute atomic E-state index is 0.128. The standard InChI is InChI=1S/C15H9F4NO/c16-14-6-1-10(7-8-20)9-13(14)11-2-4-12(5-3-11)21-15(17,18)19/h1-6,9H,7H2. The van der Waals surface area contributed by atoms with Crippen LogP contribution in [0.2, 0.25) is 0 Å². The van der Waals surface area contributed by atoms with Crippen molar-refractivity contribution >= 4 is 0 Å². The maximum Gasteiger partial charge on any atom is 0.573 e. The summed E-state index contributed by atoms with van der Waals surface area (Å²) >= 11 is 0. The van der Waals surface area contributed by atoms with E-state index in [0.717, 1.165) is 12.1 Å². The van der Waals surface area contributed by atoms with E-state index in [2.05, 4.69) is 4.74 Å². The molecule has 0 aliphatic rings. The van der Waals surface area contributed by atoms with Crippen LogP contribution in [0.25, 0.3) is 11.1 Å². The van der Waals surface area contributed by atoms with Crippen molar-refractivity contribution in [3.63, 3.8) is 0 Å². The van der Waals surface area contributed by atoms with Crippen molar-refractivity contribution < 1.29 is 22.3 Å². The summed E-state index contributed by atoms with van der Waals surface area (Å²) < 4.78 is 53.7. The Hall–Kier alpha value is -2.55. The van der Waals surface area contributed by atoms with Gasteiger partial charge in [-0.25, -0.2) is 4.39 Å². The quantitative estimate of drug-likeness (QED) is 0.783. The van der Waals surface area contributed by atoms with Crippen molar-refractivity contribution in [2.75, 3.05) is 0 Å². The second-order valence-electron chi connectivity index (χ2n) is 4.22. The van der Waals surface area contributed by atoms with Gasteiger partial charge in [0.05, 0.1) is 12.5 Å². The van der Waals surface area contributed by atoms with E-state index in [4.69, 9.17) is 5.26 Å². The van der Waals surface area contributed by atoms with Gasteiger partial charge in [0.15, 0.2) is 0 Å². The number of rotatable bonds is 3. The topological polar surface area (TPSA) is 33.0 Å². The number of hydrogen-bond acceptors (Lipinski definition) is 2. The predicted octanol–water partition coefficient (Wildman–Crippen LogP) is 4.46. The molecule has 21 heavy (non-hydrogen) atoms. The van der Waals surface area contributed by atoms with Gasteiger partial charge in [-0.05, 0) is 35.4 Å². The largest absolute Gasteiger partial charge is 0.573 e. The molecule has 0 saturated heterocycles. The van der Waals surface area contributed by atoms with Crippen molar-refractivity contribution in [1.82, 2.24) is 0 Å². The Bertz CT molecular complexity index is 672. The summed E-state index contributed by atoms with van der Waals surface area (Å²) in [5, 5.41) is 8.63. The van der Waals surface area contributed by atoms with Gasteiger partial charge in [0.2, 0.25) is 0 Å². The number of nitrogens with zero attached hydrogens (tertiary/aromatic N) is 1. The Labute approximate surface area is 118 Å². The minimum atomic E-state index is -4.76. The third-order valence-corrected chi connectivity index (χ3v) is 2.71. The fourth-order valence-corrected chi connectivity index (χ4v) is 1.83. The van der Waals surface area contributed by atoms with Crippen molar-refractivity contribution in [3.8, 4) is 22.9 Å². The maximum atomic E-state index is 13.8. The van der Waals surface area contributed by atoms with Crippen LogP contribution in [0.4, 0.5) is 17.6 Å². The Morgan fingerprint density at radius 1 is 1.05 bits per heavy atom. The van der Waals surface area contributed by atoms with Crippen molar-refractivity contribution in [1.29, 1.82) is 5.26 Å². The van der Waals surface area contributed by atoms with Gasteiger partial charge < -0.3 is 4.74 Å². The molecule has 0 aromatic heterocycles. The first-order valence-corrected chi connectivity index (χ1v) is 5.90. The van der Waals surface area contributed by atoms with Gasteiger partial charge in [-0.1, -0.05) is 18.2 Å². The highest BCUT2D eigenvalue weighted by Gasteiger charge is 2.30. The zero-order valence-electron chi connectivity index (χ0n) is 10.6. The fourth-order valence-electron chi connectivity index (χ4n) is 1.83. The number of alkyl halides is 3. The molecule has 0 radical (unpaired) electrons. The summed E-state index contributed by atoms with van der Waals surface area (Å²) in [4.78, 5) is 0. The second-order valence-corrected chi connectivity index (χ2v) is 4.22. The lowest BCUT2D eigenvalue weighted by atomic mass is 10.0. The van der Waals surface area contributed by atoms with Gasteiger partial charge in [-0.2, -0.15) is 5.26 Å². The first-order chi connectivity index (χ1) is 9.89. The number of benzene rings is 2. The molecule has 2 rings (SSSR count). The third-order valence-electron chi connectivity index (χ3n) is 2.71. The van der Waals surface area contributed by atoms with E-state index in [9.17, 15) is 17.6 Å². The van der Waals surface area contributed by atoms with Crippen LogP contribution in [0.5, 0.6) is 5.75 Å². The molecule has 2 nitrogen and oxygen atoms in total. The highest BCUT2D eigenvalue weighted by atomic mass is 19.4. The number of nitriles is 1. The van der Waals surface area contributed by atoms with Crippen LogP contribution < -0.4 is 4.74 Å². The summed E-state index contributed by atoms with van der Waals surface area (Å²) in [5.41, 5.74) is 1.26. The third kappa shape index (κ3) is 3.96. The summed E-state index contributed by atoms with van der Waals surface area (Å²) in [5.74, 6) is -0.888. The van der Waals surface area contributed by atoms with Crippen LogP contribution in [0.15, 0.2) is 42.5 Å². The minimum Gasteiger partial charge on any atom is -0.406 e. The lowest BCUT2D eigenvalue weighted by Gasteiger charge is -2.10. The first kappa shape index (κ1) is 14.9. The van der Waals surface area contributed by atoms with E-state index in [1.807, 2.05) is 6.07 Å². The monoisotopic (exact) mass is 295 g/mol. The number of ether oxygens (including phenoxy) is 1. The molecule has 0 fully saturated rings. The molecule has 0 amide bonds. The zero-order valence-corrected chi connectivity index (χ0v) is 10.6. The van der Waals surface area contributed by atoms with Gasteiger partial charge in [0.1, 0.15) is 11.6 Å². The molecule has 0 heterocycles. The van der Waals surface area contributed by atoms with Crippen LogP contribution in [-0.4, -0.2) is 6.36 Å². The number of halogens is 4. The van der Waals surface area contributed by atoms with E-state index in [-0.39, 0.29) is 17.7 Å². The first-order valence-electron chi connectivity index (χ1n) is 5.90. The fraction of sp³-hybridized carbons (Fsp3) is 0.133. The van der Waals surface area contributed by atoms with Gasteiger partial charge in [0, 0.05) is 5.56 Å². The van der Waals surface area contributed by atoms with E-state index < -0.39 is 12.2 Å². The Kier molecular flexibility index (Phi) is 4.13. The molecule has 0 spiro atoms. The molecule has 0 saturated carbocycles. The molecule has 0 aliphatic heterocycles. The van der Waals surface area contributed by atoms with Crippen molar-refractivity contribution in [3.05, 3.63) is 53.8 Å². The van der Waals surface area contributed by atoms with Crippen LogP contribution in [-0.2, 0) is 6.42 Å². The van der Waals surface area contributed by atoms with E-state index in [0.29, 0.717) is 11.1 Å². The van der Waals surface area contributed by atoms with Gasteiger partial charge in [0.25, 0.3) is 0 Å². The average molecular weight is 295 g/mol.